The molecule has 1 aromatic rings. The van der Waals surface area contributed by atoms with E-state index in [9.17, 15) is 5.11 Å². The van der Waals surface area contributed by atoms with E-state index >= 15 is 0 Å². The Morgan fingerprint density at radius 2 is 2.19 bits per heavy atom. The molecule has 0 aliphatic carbocycles. The van der Waals surface area contributed by atoms with Crippen LogP contribution in [0.3, 0.4) is 0 Å². The van der Waals surface area contributed by atoms with Crippen LogP contribution in [-0.2, 0) is 6.54 Å². The molecule has 0 amide bonds. The first kappa shape index (κ1) is 13.7. The van der Waals surface area contributed by atoms with Crippen LogP contribution in [0.25, 0.3) is 0 Å². The lowest BCUT2D eigenvalue weighted by molar-refractivity contribution is 0.0849. The summed E-state index contributed by atoms with van der Waals surface area (Å²) in [5, 5.41) is 12.0. The van der Waals surface area contributed by atoms with Gasteiger partial charge in [0.25, 0.3) is 0 Å². The average Bonchev–Trinajstić information content (AvgIpc) is 2.69. The average molecular weight is 241 g/mol. The maximum Gasteiger partial charge on any atom is 0.0667 e. The van der Waals surface area contributed by atoms with E-state index in [0.29, 0.717) is 6.04 Å². The molecule has 0 aromatic carbocycles. The quantitative estimate of drug-likeness (QED) is 0.793. The molecule has 1 unspecified atom stereocenters. The summed E-state index contributed by atoms with van der Waals surface area (Å²) in [5.41, 5.74) is 0. The van der Waals surface area contributed by atoms with E-state index < -0.39 is 0 Å². The van der Waals surface area contributed by atoms with Gasteiger partial charge < -0.3 is 5.11 Å². The highest BCUT2D eigenvalue weighted by atomic mass is 32.1. The van der Waals surface area contributed by atoms with Crippen molar-refractivity contribution in [3.63, 3.8) is 0 Å². The molecule has 1 aromatic heterocycles. The van der Waals surface area contributed by atoms with Crippen LogP contribution in [0.15, 0.2) is 17.5 Å². The van der Waals surface area contributed by atoms with E-state index in [0.717, 1.165) is 25.9 Å². The Hall–Kier alpha value is -0.380. The fourth-order valence-corrected chi connectivity index (χ4v) is 2.49. The Bertz CT molecular complexity index is 271. The van der Waals surface area contributed by atoms with Crippen molar-refractivity contribution in [3.05, 3.63) is 22.4 Å². The molecule has 0 spiro atoms. The predicted molar refractivity (Wildman–Crippen MR) is 70.8 cm³/mol. The van der Waals surface area contributed by atoms with E-state index in [1.165, 1.54) is 4.88 Å². The molecule has 0 saturated carbocycles. The zero-order valence-corrected chi connectivity index (χ0v) is 11.3. The highest BCUT2D eigenvalue weighted by molar-refractivity contribution is 7.09. The van der Waals surface area contributed by atoms with Crippen molar-refractivity contribution < 1.29 is 5.11 Å². The third-order valence-electron chi connectivity index (χ3n) is 2.74. The first-order chi connectivity index (χ1) is 7.63. The topological polar surface area (TPSA) is 23.5 Å². The lowest BCUT2D eigenvalue weighted by Crippen LogP contribution is -2.36. The van der Waals surface area contributed by atoms with Crippen LogP contribution in [-0.4, -0.2) is 28.7 Å². The van der Waals surface area contributed by atoms with E-state index in [2.05, 4.69) is 43.2 Å². The molecular weight excluding hydrogens is 218 g/mol. The van der Waals surface area contributed by atoms with Gasteiger partial charge >= 0.3 is 0 Å². The number of aliphatic hydroxyl groups is 1. The Kier molecular flexibility index (Phi) is 6.03. The summed E-state index contributed by atoms with van der Waals surface area (Å²) in [6.07, 6.45) is 1.76. The fourth-order valence-electron chi connectivity index (χ4n) is 1.76. The summed E-state index contributed by atoms with van der Waals surface area (Å²) in [6, 6.07) is 4.72. The molecule has 0 aliphatic heterocycles. The minimum atomic E-state index is -0.188. The lowest BCUT2D eigenvalue weighted by atomic mass is 10.2. The second-order valence-corrected chi connectivity index (χ2v) is 5.58. The largest absolute Gasteiger partial charge is 0.392 e. The van der Waals surface area contributed by atoms with Gasteiger partial charge in [-0.2, -0.15) is 0 Å². The number of hydrogen-bond donors (Lipinski definition) is 1. The van der Waals surface area contributed by atoms with Gasteiger partial charge in [0.05, 0.1) is 6.10 Å². The first-order valence-electron chi connectivity index (χ1n) is 6.08. The molecule has 0 fully saturated rings. The van der Waals surface area contributed by atoms with Gasteiger partial charge in [0, 0.05) is 24.0 Å². The second-order valence-electron chi connectivity index (χ2n) is 4.55. The molecule has 3 heteroatoms. The summed E-state index contributed by atoms with van der Waals surface area (Å²) < 4.78 is 0. The molecule has 2 nitrogen and oxygen atoms in total. The normalized spacial score (nSPS) is 13.6. The molecule has 1 N–H and O–H groups in total. The molecule has 92 valence electrons. The van der Waals surface area contributed by atoms with Crippen LogP contribution in [0.2, 0.25) is 0 Å². The summed E-state index contributed by atoms with van der Waals surface area (Å²) in [6.45, 7) is 8.22. The van der Waals surface area contributed by atoms with Crippen molar-refractivity contribution in [1.29, 1.82) is 0 Å². The van der Waals surface area contributed by atoms with Crippen LogP contribution in [0.4, 0.5) is 0 Å². The molecule has 0 aliphatic rings. The molecule has 1 atom stereocenters. The Morgan fingerprint density at radius 1 is 1.44 bits per heavy atom. The van der Waals surface area contributed by atoms with Gasteiger partial charge in [0.2, 0.25) is 0 Å². The zero-order valence-electron chi connectivity index (χ0n) is 10.5. The van der Waals surface area contributed by atoms with E-state index in [1.807, 2.05) is 0 Å². The van der Waals surface area contributed by atoms with Gasteiger partial charge in [-0.3, -0.25) is 4.90 Å². The van der Waals surface area contributed by atoms with Crippen LogP contribution in [0, 0.1) is 0 Å². The fraction of sp³-hybridized carbons (Fsp3) is 0.692. The molecular formula is C13H23NOS. The summed E-state index contributed by atoms with van der Waals surface area (Å²) >= 11 is 1.79. The maximum atomic E-state index is 9.86. The molecule has 0 bridgehead atoms. The van der Waals surface area contributed by atoms with Gasteiger partial charge in [-0.15, -0.1) is 11.3 Å². The number of hydrogen-bond acceptors (Lipinski definition) is 3. The highest BCUT2D eigenvalue weighted by Gasteiger charge is 2.14. The monoisotopic (exact) mass is 241 g/mol. The smallest absolute Gasteiger partial charge is 0.0667 e. The number of rotatable bonds is 7. The Balaban J connectivity index is 2.48. The third kappa shape index (κ3) is 4.64. The van der Waals surface area contributed by atoms with Gasteiger partial charge in [0.1, 0.15) is 0 Å². The minimum Gasteiger partial charge on any atom is -0.392 e. The maximum absolute atomic E-state index is 9.86. The van der Waals surface area contributed by atoms with Crippen LogP contribution >= 0.6 is 11.3 Å². The SMILES string of the molecule is CCCC(O)CN(Cc1cccs1)C(C)C. The summed E-state index contributed by atoms with van der Waals surface area (Å²) in [7, 11) is 0. The minimum absolute atomic E-state index is 0.188. The first-order valence-corrected chi connectivity index (χ1v) is 6.96. The molecule has 1 rings (SSSR count). The van der Waals surface area contributed by atoms with Crippen molar-refractivity contribution in [2.24, 2.45) is 0 Å². The van der Waals surface area contributed by atoms with Crippen molar-refractivity contribution in [3.8, 4) is 0 Å². The molecule has 0 saturated heterocycles. The third-order valence-corrected chi connectivity index (χ3v) is 3.60. The molecule has 0 radical (unpaired) electrons. The highest BCUT2D eigenvalue weighted by Crippen LogP contribution is 2.14. The molecule has 1 heterocycles. The second kappa shape index (κ2) is 7.05. The van der Waals surface area contributed by atoms with Crippen molar-refractivity contribution in [1.82, 2.24) is 4.90 Å². The van der Waals surface area contributed by atoms with Crippen molar-refractivity contribution >= 4 is 11.3 Å². The number of nitrogens with zero attached hydrogens (tertiary/aromatic N) is 1. The van der Waals surface area contributed by atoms with Crippen LogP contribution in [0.5, 0.6) is 0 Å². The predicted octanol–water partition coefficient (Wildman–Crippen LogP) is 3.12. The van der Waals surface area contributed by atoms with Gasteiger partial charge in [-0.25, -0.2) is 0 Å². The summed E-state index contributed by atoms with van der Waals surface area (Å²) in [4.78, 5) is 3.71. The lowest BCUT2D eigenvalue weighted by Gasteiger charge is -2.28. The van der Waals surface area contributed by atoms with Gasteiger partial charge in [0.15, 0.2) is 0 Å². The molecule has 16 heavy (non-hydrogen) atoms. The van der Waals surface area contributed by atoms with Crippen LogP contribution in [0.1, 0.15) is 38.5 Å². The zero-order chi connectivity index (χ0) is 12.0. The Morgan fingerprint density at radius 3 is 2.69 bits per heavy atom. The standard InChI is InChI=1S/C13H23NOS/c1-4-6-12(15)9-14(11(2)3)10-13-7-5-8-16-13/h5,7-8,11-12,15H,4,6,9-10H2,1-3H3. The van der Waals surface area contributed by atoms with Crippen LogP contribution < -0.4 is 0 Å². The van der Waals surface area contributed by atoms with Gasteiger partial charge in [-0.05, 0) is 31.7 Å². The van der Waals surface area contributed by atoms with Gasteiger partial charge in [-0.1, -0.05) is 19.4 Å². The number of thiophene rings is 1. The van der Waals surface area contributed by atoms with E-state index in [-0.39, 0.29) is 6.10 Å². The summed E-state index contributed by atoms with van der Waals surface area (Å²) in [5.74, 6) is 0. The Labute approximate surface area is 103 Å². The van der Waals surface area contributed by atoms with E-state index in [4.69, 9.17) is 0 Å². The van der Waals surface area contributed by atoms with E-state index in [1.54, 1.807) is 11.3 Å². The van der Waals surface area contributed by atoms with Crippen molar-refractivity contribution in [2.75, 3.05) is 6.54 Å². The van der Waals surface area contributed by atoms with Crippen molar-refractivity contribution in [2.45, 2.75) is 52.3 Å². The number of aliphatic hydroxyl groups excluding tert-OH is 1.